The molecule has 0 radical (unpaired) electrons. The Hall–Kier alpha value is -1.09. The third-order valence-corrected chi connectivity index (χ3v) is 5.69. The van der Waals surface area contributed by atoms with Crippen molar-refractivity contribution >= 4 is 5.69 Å². The molecule has 23 heavy (non-hydrogen) atoms. The molecule has 1 heterocycles. The molecular formula is C20H31FN2. The first-order valence-corrected chi connectivity index (χ1v) is 9.40. The third kappa shape index (κ3) is 4.26. The second-order valence-corrected chi connectivity index (χ2v) is 7.73. The lowest BCUT2D eigenvalue weighted by atomic mass is 9.86. The molecule has 1 aromatic rings. The van der Waals surface area contributed by atoms with Crippen molar-refractivity contribution in [2.45, 2.75) is 65.0 Å². The Morgan fingerprint density at radius 3 is 2.74 bits per heavy atom. The highest BCUT2D eigenvalue weighted by atomic mass is 19.1. The smallest absolute Gasteiger partial charge is 0.146 e. The topological polar surface area (TPSA) is 15.3 Å². The van der Waals surface area contributed by atoms with E-state index in [2.05, 4.69) is 30.1 Å². The summed E-state index contributed by atoms with van der Waals surface area (Å²) in [6.45, 7) is 7.43. The highest BCUT2D eigenvalue weighted by molar-refractivity contribution is 5.50. The summed E-state index contributed by atoms with van der Waals surface area (Å²) in [6.07, 6.45) is 7.74. The van der Waals surface area contributed by atoms with Crippen LogP contribution in [0.2, 0.25) is 0 Å². The summed E-state index contributed by atoms with van der Waals surface area (Å²) >= 11 is 0. The number of halogens is 1. The van der Waals surface area contributed by atoms with Crippen molar-refractivity contribution in [3.05, 3.63) is 29.6 Å². The minimum absolute atomic E-state index is 0.0751. The number of hydrogen-bond acceptors (Lipinski definition) is 2. The van der Waals surface area contributed by atoms with Crippen LogP contribution in [-0.4, -0.2) is 19.1 Å². The van der Waals surface area contributed by atoms with Crippen molar-refractivity contribution < 1.29 is 4.39 Å². The molecule has 3 atom stereocenters. The van der Waals surface area contributed by atoms with Gasteiger partial charge < -0.3 is 10.2 Å². The quantitative estimate of drug-likeness (QED) is 0.863. The SMILES string of the molecule is CC1CCCN(c2cc(CNC3CCCCC3C)ccc2F)C1. The minimum atomic E-state index is -0.0751. The Bertz CT molecular complexity index is 516. The Kier molecular flexibility index (Phi) is 5.58. The predicted octanol–water partition coefficient (Wildman–Crippen LogP) is 4.73. The largest absolute Gasteiger partial charge is 0.369 e. The number of anilines is 1. The number of rotatable bonds is 4. The van der Waals surface area contributed by atoms with E-state index in [1.54, 1.807) is 6.07 Å². The van der Waals surface area contributed by atoms with Crippen LogP contribution < -0.4 is 10.2 Å². The number of nitrogens with zero attached hydrogens (tertiary/aromatic N) is 1. The summed E-state index contributed by atoms with van der Waals surface area (Å²) < 4.78 is 14.3. The molecule has 0 amide bonds. The fourth-order valence-corrected chi connectivity index (χ4v) is 4.19. The first kappa shape index (κ1) is 16.8. The first-order chi connectivity index (χ1) is 11.1. The van der Waals surface area contributed by atoms with Gasteiger partial charge in [0.25, 0.3) is 0 Å². The van der Waals surface area contributed by atoms with Crippen LogP contribution in [0.25, 0.3) is 0 Å². The Morgan fingerprint density at radius 2 is 1.96 bits per heavy atom. The molecule has 0 spiro atoms. The average molecular weight is 318 g/mol. The maximum absolute atomic E-state index is 14.3. The van der Waals surface area contributed by atoms with E-state index in [-0.39, 0.29) is 5.82 Å². The fourth-order valence-electron chi connectivity index (χ4n) is 4.19. The maximum Gasteiger partial charge on any atom is 0.146 e. The molecule has 2 fully saturated rings. The van der Waals surface area contributed by atoms with E-state index >= 15 is 0 Å². The van der Waals surface area contributed by atoms with Crippen molar-refractivity contribution in [3.8, 4) is 0 Å². The van der Waals surface area contributed by atoms with Gasteiger partial charge in [0, 0.05) is 25.7 Å². The van der Waals surface area contributed by atoms with Gasteiger partial charge in [-0.2, -0.15) is 0 Å². The molecule has 0 aromatic heterocycles. The summed E-state index contributed by atoms with van der Waals surface area (Å²) in [6, 6.07) is 6.27. The summed E-state index contributed by atoms with van der Waals surface area (Å²) in [5.41, 5.74) is 2.00. The summed E-state index contributed by atoms with van der Waals surface area (Å²) in [5, 5.41) is 3.71. The third-order valence-electron chi connectivity index (χ3n) is 5.69. The molecule has 3 rings (SSSR count). The molecule has 3 heteroatoms. The Labute approximate surface area is 140 Å². The van der Waals surface area contributed by atoms with Crippen LogP contribution in [0.4, 0.5) is 10.1 Å². The van der Waals surface area contributed by atoms with Gasteiger partial charge in [0.15, 0.2) is 0 Å². The lowest BCUT2D eigenvalue weighted by Crippen LogP contribution is -2.37. The zero-order chi connectivity index (χ0) is 16.2. The average Bonchev–Trinajstić information content (AvgIpc) is 2.55. The molecule has 2 aliphatic rings. The van der Waals surface area contributed by atoms with Gasteiger partial charge in [0.2, 0.25) is 0 Å². The van der Waals surface area contributed by atoms with Gasteiger partial charge >= 0.3 is 0 Å². The standard InChI is InChI=1S/C20H31FN2/c1-15-6-5-11-23(14-15)20-12-17(9-10-18(20)21)13-22-19-8-4-3-7-16(19)2/h9-10,12,15-16,19,22H,3-8,11,13-14H2,1-2H3. The van der Waals surface area contributed by atoms with Crippen molar-refractivity contribution in [3.63, 3.8) is 0 Å². The van der Waals surface area contributed by atoms with Gasteiger partial charge in [0.05, 0.1) is 5.69 Å². The maximum atomic E-state index is 14.3. The van der Waals surface area contributed by atoms with E-state index in [0.29, 0.717) is 12.0 Å². The zero-order valence-corrected chi connectivity index (χ0v) is 14.7. The van der Waals surface area contributed by atoms with Crippen molar-refractivity contribution in [2.24, 2.45) is 11.8 Å². The van der Waals surface area contributed by atoms with Crippen molar-refractivity contribution in [1.29, 1.82) is 0 Å². The molecule has 1 aromatic carbocycles. The molecule has 0 bridgehead atoms. The first-order valence-electron chi connectivity index (χ1n) is 9.40. The van der Waals surface area contributed by atoms with Gasteiger partial charge in [-0.25, -0.2) is 4.39 Å². The van der Waals surface area contributed by atoms with Crippen LogP contribution >= 0.6 is 0 Å². The molecule has 128 valence electrons. The van der Waals surface area contributed by atoms with Crippen LogP contribution in [-0.2, 0) is 6.54 Å². The Balaban J connectivity index is 1.65. The van der Waals surface area contributed by atoms with Crippen molar-refractivity contribution in [2.75, 3.05) is 18.0 Å². The molecule has 2 nitrogen and oxygen atoms in total. The zero-order valence-electron chi connectivity index (χ0n) is 14.7. The molecule has 1 aliphatic carbocycles. The number of piperidine rings is 1. The second kappa shape index (κ2) is 7.65. The van der Waals surface area contributed by atoms with Gasteiger partial charge in [-0.15, -0.1) is 0 Å². The van der Waals surface area contributed by atoms with E-state index in [0.717, 1.165) is 31.2 Å². The molecular weight excluding hydrogens is 287 g/mol. The molecule has 1 aliphatic heterocycles. The molecule has 3 unspecified atom stereocenters. The highest BCUT2D eigenvalue weighted by Gasteiger charge is 2.22. The molecule has 1 saturated heterocycles. The minimum Gasteiger partial charge on any atom is -0.369 e. The van der Waals surface area contributed by atoms with Crippen LogP contribution in [0.1, 0.15) is 57.9 Å². The van der Waals surface area contributed by atoms with Crippen LogP contribution in [0.5, 0.6) is 0 Å². The number of nitrogens with one attached hydrogen (secondary N) is 1. The summed E-state index contributed by atoms with van der Waals surface area (Å²) in [5.74, 6) is 1.34. The lowest BCUT2D eigenvalue weighted by molar-refractivity contribution is 0.279. The monoisotopic (exact) mass is 318 g/mol. The fraction of sp³-hybridized carbons (Fsp3) is 0.700. The van der Waals surface area contributed by atoms with Crippen LogP contribution in [0, 0.1) is 17.7 Å². The van der Waals surface area contributed by atoms with Gasteiger partial charge in [-0.3, -0.25) is 0 Å². The highest BCUT2D eigenvalue weighted by Crippen LogP contribution is 2.27. The number of hydrogen-bond donors (Lipinski definition) is 1. The van der Waals surface area contributed by atoms with Gasteiger partial charge in [-0.05, 0) is 55.2 Å². The van der Waals surface area contributed by atoms with E-state index < -0.39 is 0 Å². The molecule has 1 saturated carbocycles. The normalized spacial score (nSPS) is 28.8. The van der Waals surface area contributed by atoms with Crippen LogP contribution in [0.3, 0.4) is 0 Å². The number of benzene rings is 1. The summed E-state index contributed by atoms with van der Waals surface area (Å²) in [4.78, 5) is 2.23. The van der Waals surface area contributed by atoms with E-state index in [4.69, 9.17) is 0 Å². The van der Waals surface area contributed by atoms with Crippen molar-refractivity contribution in [1.82, 2.24) is 5.32 Å². The second-order valence-electron chi connectivity index (χ2n) is 7.73. The van der Waals surface area contributed by atoms with E-state index in [1.807, 2.05) is 6.07 Å². The van der Waals surface area contributed by atoms with Gasteiger partial charge in [-0.1, -0.05) is 32.8 Å². The molecule has 1 N–H and O–H groups in total. The van der Waals surface area contributed by atoms with Crippen LogP contribution in [0.15, 0.2) is 18.2 Å². The summed E-state index contributed by atoms with van der Waals surface area (Å²) in [7, 11) is 0. The predicted molar refractivity (Wildman–Crippen MR) is 95.3 cm³/mol. The van der Waals surface area contributed by atoms with E-state index in [9.17, 15) is 4.39 Å². The Morgan fingerprint density at radius 1 is 1.13 bits per heavy atom. The van der Waals surface area contributed by atoms with E-state index in [1.165, 1.54) is 44.1 Å². The lowest BCUT2D eigenvalue weighted by Gasteiger charge is -2.33. The van der Waals surface area contributed by atoms with Gasteiger partial charge in [0.1, 0.15) is 5.82 Å².